The van der Waals surface area contributed by atoms with Gasteiger partial charge in [0.25, 0.3) is 5.91 Å². The Morgan fingerprint density at radius 3 is 2.10 bits per heavy atom. The summed E-state index contributed by atoms with van der Waals surface area (Å²) in [4.78, 5) is 97.7. The lowest BCUT2D eigenvalue weighted by atomic mass is 9.93. The van der Waals surface area contributed by atoms with Crippen LogP contribution in [0.25, 0.3) is 22.3 Å². The van der Waals surface area contributed by atoms with E-state index in [9.17, 15) is 38.9 Å². The zero-order valence-corrected chi connectivity index (χ0v) is 41.6. The molecule has 1 aliphatic rings. The highest BCUT2D eigenvalue weighted by Gasteiger charge is 2.37. The number of amides is 5. The lowest BCUT2D eigenvalue weighted by molar-refractivity contribution is -0.385. The predicted octanol–water partition coefficient (Wildman–Crippen LogP) is 3.35. The Bertz CT molecular complexity index is 2820. The van der Waals surface area contributed by atoms with Crippen molar-refractivity contribution in [3.05, 3.63) is 129 Å². The average Bonchev–Trinajstić information content (AvgIpc) is 3.77. The number of unbranched alkanes of at least 4 members (excludes halogenated alkanes) is 1. The Morgan fingerprint density at radius 2 is 1.48 bits per heavy atom. The van der Waals surface area contributed by atoms with Gasteiger partial charge in [-0.05, 0) is 110 Å². The summed E-state index contributed by atoms with van der Waals surface area (Å²) in [5.74, 6) is -3.74. The highest BCUT2D eigenvalue weighted by Crippen LogP contribution is 2.40. The van der Waals surface area contributed by atoms with Crippen LogP contribution in [0.3, 0.4) is 0 Å². The Kier molecular flexibility index (Phi) is 18.8. The number of Topliss-reactive ketones (excluding diaryl/α,β-unsaturated/α-hetero) is 1. The number of nitrogens with one attached hydrogen (secondary N) is 4. The monoisotopic (exact) mass is 1020 g/mol. The van der Waals surface area contributed by atoms with Crippen LogP contribution in [0.15, 0.2) is 91.1 Å². The molecular formula is C51H60ClN11O10. The summed E-state index contributed by atoms with van der Waals surface area (Å²) in [6, 6.07) is 17.4. The number of carbonyl (C=O) groups excluding carboxylic acids is 6. The number of fused-ring (bicyclic) bond motifs is 5. The molecule has 386 valence electrons. The van der Waals surface area contributed by atoms with Gasteiger partial charge in [-0.25, -0.2) is 0 Å². The normalized spacial score (nSPS) is 16.4. The molecule has 6 rings (SSSR count). The standard InChI is InChI=1S/C51H60ClN11O10/c1-29(46(64)45-41(63(70)71)28-56-62(45)4)57-49(67)40-26-31-8-18-42(72-23-21-54)37(25-31)38-27-35(15-19-43(38)73-24-22-55)44(50(68)58-30(2)47(65)60-40)61(3)51(69)39(7-5-6-20-53)59-48(66)34-11-9-32(10-12-34)33-13-16-36(52)17-14-33/h8-19,25,27-30,39-40,44H,5-7,20-24,26,53-55H2,1-4H3,(H,57,67)(H,58,68)(H,59,66)(H,60,65)/t29-,30-,39-,40-,44-/m0/s1. The summed E-state index contributed by atoms with van der Waals surface area (Å²) >= 11 is 6.08. The third kappa shape index (κ3) is 13.4. The molecular weight excluding hydrogens is 962 g/mol. The van der Waals surface area contributed by atoms with E-state index in [1.807, 2.05) is 12.1 Å². The number of nitro groups is 1. The van der Waals surface area contributed by atoms with E-state index in [1.165, 1.54) is 32.8 Å². The molecule has 22 heteroatoms. The van der Waals surface area contributed by atoms with Gasteiger partial charge in [0.2, 0.25) is 29.4 Å². The third-order valence-corrected chi connectivity index (χ3v) is 12.4. The molecule has 1 aromatic heterocycles. The van der Waals surface area contributed by atoms with E-state index < -0.39 is 76.1 Å². The van der Waals surface area contributed by atoms with E-state index in [-0.39, 0.29) is 56.0 Å². The minimum absolute atomic E-state index is 0.0893. The Balaban J connectivity index is 1.39. The lowest BCUT2D eigenvalue weighted by Gasteiger charge is -2.33. The molecule has 0 radical (unpaired) electrons. The maximum atomic E-state index is 14.9. The molecule has 4 aromatic carbocycles. The number of benzene rings is 4. The van der Waals surface area contributed by atoms with E-state index in [2.05, 4.69) is 26.4 Å². The number of hydrogen-bond acceptors (Lipinski definition) is 14. The van der Waals surface area contributed by atoms with Crippen molar-refractivity contribution in [3.8, 4) is 33.8 Å². The molecule has 5 atom stereocenters. The van der Waals surface area contributed by atoms with Crippen molar-refractivity contribution in [2.45, 2.75) is 69.7 Å². The fraction of sp³-hybridized carbons (Fsp3) is 0.353. The number of carbonyl (C=O) groups is 6. The topological polar surface area (TPSA) is 311 Å². The summed E-state index contributed by atoms with van der Waals surface area (Å²) in [5, 5.41) is 27.0. The van der Waals surface area contributed by atoms with E-state index in [0.29, 0.717) is 52.6 Å². The van der Waals surface area contributed by atoms with Crippen molar-refractivity contribution >= 4 is 52.6 Å². The number of nitrogens with zero attached hydrogens (tertiary/aromatic N) is 4. The zero-order valence-electron chi connectivity index (χ0n) is 40.9. The second-order valence-corrected chi connectivity index (χ2v) is 17.9. The molecule has 0 unspecified atom stereocenters. The molecule has 5 aromatic rings. The van der Waals surface area contributed by atoms with Gasteiger partial charge in [0, 0.05) is 55.3 Å². The number of likely N-dealkylation sites (N-methyl/N-ethyl adjacent to an activating group) is 1. The van der Waals surface area contributed by atoms with Gasteiger partial charge in [-0.3, -0.25) is 43.6 Å². The van der Waals surface area contributed by atoms with Gasteiger partial charge in [-0.15, -0.1) is 0 Å². The lowest BCUT2D eigenvalue weighted by Crippen LogP contribution is -2.57. The molecule has 0 saturated heterocycles. The minimum Gasteiger partial charge on any atom is -0.492 e. The quantitative estimate of drug-likeness (QED) is 0.0255. The van der Waals surface area contributed by atoms with Crippen molar-refractivity contribution in [3.63, 3.8) is 0 Å². The predicted molar refractivity (Wildman–Crippen MR) is 273 cm³/mol. The molecule has 0 spiro atoms. The van der Waals surface area contributed by atoms with Crippen LogP contribution in [-0.4, -0.2) is 119 Å². The maximum absolute atomic E-state index is 14.9. The molecule has 73 heavy (non-hydrogen) atoms. The molecule has 0 fully saturated rings. The fourth-order valence-electron chi connectivity index (χ4n) is 8.33. The molecule has 10 N–H and O–H groups in total. The molecule has 2 heterocycles. The Hall–Kier alpha value is -7.72. The summed E-state index contributed by atoms with van der Waals surface area (Å²) in [6.45, 7) is 3.54. The fourth-order valence-corrected chi connectivity index (χ4v) is 8.46. The second-order valence-electron chi connectivity index (χ2n) is 17.5. The van der Waals surface area contributed by atoms with Crippen LogP contribution in [0.4, 0.5) is 5.69 Å². The number of nitrogens with two attached hydrogens (primary N) is 3. The SMILES string of the molecule is C[C@@H]1NC(=O)[C@@H](N(C)C(=O)[C@H](CCCCN)NC(=O)c2ccc(-c3ccc(Cl)cc3)cc2)c2ccc(OCCN)c(c2)-c2cc(ccc2OCCN)C[C@@H](C(=O)N[C@@H](C)C(=O)c2c([N+](=O)[O-])cnn2C)NC1=O. The largest absolute Gasteiger partial charge is 0.492 e. The summed E-state index contributed by atoms with van der Waals surface area (Å²) in [7, 11) is 2.77. The highest BCUT2D eigenvalue weighted by molar-refractivity contribution is 6.30. The third-order valence-electron chi connectivity index (χ3n) is 12.2. The van der Waals surface area contributed by atoms with Crippen LogP contribution in [0.5, 0.6) is 11.5 Å². The Morgan fingerprint density at radius 1 is 0.863 bits per heavy atom. The summed E-state index contributed by atoms with van der Waals surface area (Å²) in [5.41, 5.74) is 20.3. The number of aryl methyl sites for hydroxylation is 1. The van der Waals surface area contributed by atoms with Crippen LogP contribution < -0.4 is 47.9 Å². The number of hydrogen-bond donors (Lipinski definition) is 7. The molecule has 1 aliphatic heterocycles. The Labute approximate surface area is 426 Å². The first-order chi connectivity index (χ1) is 34.9. The molecule has 21 nitrogen and oxygen atoms in total. The van der Waals surface area contributed by atoms with Crippen molar-refractivity contribution < 1.29 is 43.2 Å². The number of rotatable bonds is 20. The minimum atomic E-state index is -1.45. The van der Waals surface area contributed by atoms with Gasteiger partial charge in [0.05, 0.1) is 11.0 Å². The first kappa shape index (κ1) is 54.6. The number of halogens is 1. The van der Waals surface area contributed by atoms with Crippen LogP contribution in [0, 0.1) is 10.1 Å². The van der Waals surface area contributed by atoms with Gasteiger partial charge in [-0.1, -0.05) is 48.0 Å². The second kappa shape index (κ2) is 25.1. The van der Waals surface area contributed by atoms with Crippen molar-refractivity contribution in [1.29, 1.82) is 0 Å². The van der Waals surface area contributed by atoms with E-state index >= 15 is 0 Å². The van der Waals surface area contributed by atoms with Crippen LogP contribution in [-0.2, 0) is 32.6 Å². The summed E-state index contributed by atoms with van der Waals surface area (Å²) in [6.07, 6.45) is 1.93. The number of ketones is 1. The van der Waals surface area contributed by atoms with Crippen molar-refractivity contribution in [2.24, 2.45) is 24.2 Å². The first-order valence-corrected chi connectivity index (χ1v) is 24.0. The maximum Gasteiger partial charge on any atom is 0.318 e. The van der Waals surface area contributed by atoms with Crippen LogP contribution >= 0.6 is 11.6 Å². The van der Waals surface area contributed by atoms with E-state index in [0.717, 1.165) is 22.0 Å². The van der Waals surface area contributed by atoms with Gasteiger partial charge in [0.15, 0.2) is 5.69 Å². The molecule has 0 saturated carbocycles. The summed E-state index contributed by atoms with van der Waals surface area (Å²) < 4.78 is 13.3. The average molecular weight is 1020 g/mol. The molecule has 5 amide bonds. The van der Waals surface area contributed by atoms with Crippen LogP contribution in [0.2, 0.25) is 5.02 Å². The van der Waals surface area contributed by atoms with E-state index in [4.69, 9.17) is 38.3 Å². The van der Waals surface area contributed by atoms with Gasteiger partial charge < -0.3 is 52.8 Å². The van der Waals surface area contributed by atoms with Gasteiger partial charge in [-0.2, -0.15) is 5.10 Å². The van der Waals surface area contributed by atoms with Crippen molar-refractivity contribution in [1.82, 2.24) is 35.9 Å². The highest BCUT2D eigenvalue weighted by atomic mass is 35.5. The number of ether oxygens (including phenoxy) is 2. The molecule has 4 bridgehead atoms. The smallest absolute Gasteiger partial charge is 0.318 e. The van der Waals surface area contributed by atoms with E-state index in [1.54, 1.807) is 72.8 Å². The first-order valence-electron chi connectivity index (χ1n) is 23.6. The van der Waals surface area contributed by atoms with Crippen molar-refractivity contribution in [2.75, 3.05) is 39.9 Å². The molecule has 0 aliphatic carbocycles. The van der Waals surface area contributed by atoms with Crippen LogP contribution in [0.1, 0.15) is 71.1 Å². The van der Waals surface area contributed by atoms with Gasteiger partial charge >= 0.3 is 5.69 Å². The number of aromatic nitrogens is 2. The zero-order chi connectivity index (χ0) is 52.9. The van der Waals surface area contributed by atoms with Gasteiger partial charge in [0.1, 0.15) is 55.1 Å².